The molecule has 230 valence electrons. The number of carbonyl (C=O) groups excluding carboxylic acids is 1. The number of amides is 1. The molecule has 8 nitrogen and oxygen atoms in total. The van der Waals surface area contributed by atoms with E-state index in [4.69, 9.17) is 27.9 Å². The van der Waals surface area contributed by atoms with E-state index in [2.05, 4.69) is 39.1 Å². The Balaban J connectivity index is 1.42. The molecule has 1 atom stereocenters. The standard InChI is InChI=1S/C33H35Cl2FN6O2/c1-20-14-21(2)31(22(3)15-20)44-33(43)42(19-24-16-25(34)6-8-27(24)35)30-10-11-37-32(39-30)38-26-7-9-29(28(36)17-26)41-13-12-40(5)23(4)18-41/h6-11,14-17,23H,12-13,18-19H2,1-5H3,(H,37,38,39). The summed E-state index contributed by atoms with van der Waals surface area (Å²) in [6.45, 7) is 10.3. The lowest BCUT2D eigenvalue weighted by Crippen LogP contribution is -2.50. The van der Waals surface area contributed by atoms with Crippen molar-refractivity contribution in [3.63, 3.8) is 0 Å². The van der Waals surface area contributed by atoms with Crippen molar-refractivity contribution >= 4 is 52.4 Å². The van der Waals surface area contributed by atoms with Crippen molar-refractivity contribution in [2.75, 3.05) is 41.8 Å². The number of ether oxygens (including phenoxy) is 1. The second-order valence-corrected chi connectivity index (χ2v) is 12.1. The van der Waals surface area contributed by atoms with Crippen molar-refractivity contribution in [3.8, 4) is 5.75 Å². The molecule has 1 aliphatic heterocycles. The van der Waals surface area contributed by atoms with Crippen LogP contribution in [0.3, 0.4) is 0 Å². The van der Waals surface area contributed by atoms with Crippen LogP contribution in [0, 0.1) is 26.6 Å². The summed E-state index contributed by atoms with van der Waals surface area (Å²) in [5.41, 5.74) is 4.37. The Morgan fingerprint density at radius 1 is 1.07 bits per heavy atom. The monoisotopic (exact) mass is 636 g/mol. The van der Waals surface area contributed by atoms with Gasteiger partial charge in [-0.3, -0.25) is 4.90 Å². The summed E-state index contributed by atoms with van der Waals surface area (Å²) in [7, 11) is 2.08. The lowest BCUT2D eigenvalue weighted by molar-refractivity contribution is 0.206. The van der Waals surface area contributed by atoms with E-state index in [9.17, 15) is 4.79 Å². The zero-order valence-electron chi connectivity index (χ0n) is 25.4. The number of nitrogens with one attached hydrogen (secondary N) is 1. The largest absolute Gasteiger partial charge is 0.421 e. The van der Waals surface area contributed by atoms with E-state index in [1.165, 1.54) is 17.2 Å². The van der Waals surface area contributed by atoms with E-state index in [1.54, 1.807) is 36.4 Å². The summed E-state index contributed by atoms with van der Waals surface area (Å²) in [6, 6.07) is 15.8. The smallest absolute Gasteiger partial charge is 0.409 e. The number of hydrogen-bond acceptors (Lipinski definition) is 7. The topological polar surface area (TPSA) is 73.8 Å². The van der Waals surface area contributed by atoms with Gasteiger partial charge < -0.3 is 19.9 Å². The minimum Gasteiger partial charge on any atom is -0.409 e. The number of nitrogens with zero attached hydrogens (tertiary/aromatic N) is 5. The Morgan fingerprint density at radius 2 is 1.82 bits per heavy atom. The molecule has 1 unspecified atom stereocenters. The summed E-state index contributed by atoms with van der Waals surface area (Å²) in [4.78, 5) is 28.3. The molecular formula is C33H35Cl2FN6O2. The van der Waals surface area contributed by atoms with Crippen molar-refractivity contribution in [3.05, 3.63) is 98.9 Å². The predicted octanol–water partition coefficient (Wildman–Crippen LogP) is 7.94. The number of likely N-dealkylation sites (N-methyl/N-ethyl adjacent to an activating group) is 1. The molecule has 11 heteroatoms. The lowest BCUT2D eigenvalue weighted by Gasteiger charge is -2.39. The number of benzene rings is 3. The van der Waals surface area contributed by atoms with Gasteiger partial charge in [-0.25, -0.2) is 14.2 Å². The number of rotatable bonds is 7. The van der Waals surface area contributed by atoms with Crippen molar-refractivity contribution in [2.45, 2.75) is 40.3 Å². The minimum absolute atomic E-state index is 0.0331. The van der Waals surface area contributed by atoms with Crippen LogP contribution in [0.4, 0.5) is 32.3 Å². The molecule has 1 aliphatic rings. The van der Waals surface area contributed by atoms with Crippen molar-refractivity contribution in [1.82, 2.24) is 14.9 Å². The van der Waals surface area contributed by atoms with E-state index >= 15 is 4.39 Å². The van der Waals surface area contributed by atoms with Gasteiger partial charge >= 0.3 is 6.09 Å². The quantitative estimate of drug-likeness (QED) is 0.221. The van der Waals surface area contributed by atoms with Gasteiger partial charge in [0, 0.05) is 47.6 Å². The Bertz CT molecular complexity index is 1660. The molecule has 44 heavy (non-hydrogen) atoms. The normalized spacial score (nSPS) is 15.3. The Labute approximate surface area is 267 Å². The molecule has 0 aliphatic carbocycles. The van der Waals surface area contributed by atoms with Gasteiger partial charge in [-0.1, -0.05) is 40.9 Å². The van der Waals surface area contributed by atoms with Gasteiger partial charge in [-0.15, -0.1) is 0 Å². The molecule has 0 radical (unpaired) electrons. The first kappa shape index (κ1) is 31.5. The second kappa shape index (κ2) is 13.4. The van der Waals surface area contributed by atoms with E-state index in [-0.39, 0.29) is 24.1 Å². The molecule has 5 rings (SSSR count). The van der Waals surface area contributed by atoms with Crippen LogP contribution >= 0.6 is 23.2 Å². The van der Waals surface area contributed by atoms with E-state index in [1.807, 2.05) is 32.9 Å². The highest BCUT2D eigenvalue weighted by molar-refractivity contribution is 6.33. The van der Waals surface area contributed by atoms with Crippen molar-refractivity contribution in [2.24, 2.45) is 0 Å². The first-order chi connectivity index (χ1) is 21.0. The first-order valence-corrected chi connectivity index (χ1v) is 15.1. The predicted molar refractivity (Wildman–Crippen MR) is 175 cm³/mol. The molecule has 0 spiro atoms. The van der Waals surface area contributed by atoms with Gasteiger partial charge in [-0.05, 0) is 93.9 Å². The maximum atomic E-state index is 15.3. The summed E-state index contributed by atoms with van der Waals surface area (Å²) >= 11 is 12.7. The third-order valence-corrected chi connectivity index (χ3v) is 8.38. The fourth-order valence-electron chi connectivity index (χ4n) is 5.34. The average molecular weight is 638 g/mol. The van der Waals surface area contributed by atoms with Gasteiger partial charge in [0.2, 0.25) is 5.95 Å². The molecule has 1 amide bonds. The fraction of sp³-hybridized carbons (Fsp3) is 0.303. The van der Waals surface area contributed by atoms with E-state index < -0.39 is 6.09 Å². The Kier molecular flexibility index (Phi) is 9.58. The third kappa shape index (κ3) is 7.23. The average Bonchev–Trinajstić information content (AvgIpc) is 2.97. The number of aromatic nitrogens is 2. The third-order valence-electron chi connectivity index (χ3n) is 7.77. The van der Waals surface area contributed by atoms with Gasteiger partial charge in [0.25, 0.3) is 0 Å². The molecule has 4 aromatic rings. The number of piperazine rings is 1. The van der Waals surface area contributed by atoms with Gasteiger partial charge in [0.1, 0.15) is 17.4 Å². The van der Waals surface area contributed by atoms with Crippen LogP contribution in [0.1, 0.15) is 29.2 Å². The molecule has 2 heterocycles. The van der Waals surface area contributed by atoms with E-state index in [0.717, 1.165) is 36.3 Å². The highest BCUT2D eigenvalue weighted by Crippen LogP contribution is 2.30. The number of halogens is 3. The van der Waals surface area contributed by atoms with Gasteiger partial charge in [-0.2, -0.15) is 4.98 Å². The highest BCUT2D eigenvalue weighted by atomic mass is 35.5. The number of carbonyl (C=O) groups is 1. The SMILES string of the molecule is Cc1cc(C)c(OC(=O)N(Cc2cc(Cl)ccc2Cl)c2ccnc(Nc3ccc(N4CCN(C)C(C)C4)c(F)c3)n2)c(C)c1. The Hall–Kier alpha value is -3.92. The van der Waals surface area contributed by atoms with Gasteiger partial charge in [0.15, 0.2) is 0 Å². The van der Waals surface area contributed by atoms with Crippen molar-refractivity contribution < 1.29 is 13.9 Å². The Morgan fingerprint density at radius 3 is 2.52 bits per heavy atom. The summed E-state index contributed by atoms with van der Waals surface area (Å²) in [5, 5.41) is 3.98. The summed E-state index contributed by atoms with van der Waals surface area (Å²) < 4.78 is 21.2. The van der Waals surface area contributed by atoms with Gasteiger partial charge in [0.05, 0.1) is 12.2 Å². The van der Waals surface area contributed by atoms with Crippen LogP contribution < -0.4 is 19.9 Å². The number of aryl methyl sites for hydroxylation is 3. The highest BCUT2D eigenvalue weighted by Gasteiger charge is 2.25. The van der Waals surface area contributed by atoms with Crippen LogP contribution in [0.25, 0.3) is 0 Å². The maximum absolute atomic E-state index is 15.3. The summed E-state index contributed by atoms with van der Waals surface area (Å²) in [6.07, 6.45) is 0.862. The van der Waals surface area contributed by atoms with Crippen LogP contribution in [-0.4, -0.2) is 53.7 Å². The fourth-order valence-corrected chi connectivity index (χ4v) is 5.71. The molecule has 1 saturated heterocycles. The zero-order valence-corrected chi connectivity index (χ0v) is 26.9. The van der Waals surface area contributed by atoms with Crippen LogP contribution in [0.5, 0.6) is 5.75 Å². The number of anilines is 4. The minimum atomic E-state index is -0.655. The van der Waals surface area contributed by atoms with Crippen LogP contribution in [0.15, 0.2) is 60.8 Å². The molecule has 1 N–H and O–H groups in total. The maximum Gasteiger partial charge on any atom is 0.421 e. The van der Waals surface area contributed by atoms with Crippen molar-refractivity contribution in [1.29, 1.82) is 0 Å². The zero-order chi connectivity index (χ0) is 31.5. The second-order valence-electron chi connectivity index (χ2n) is 11.2. The van der Waals surface area contributed by atoms with E-state index in [0.29, 0.717) is 38.8 Å². The molecule has 1 aromatic heterocycles. The molecule has 1 fully saturated rings. The molecule has 0 saturated carbocycles. The lowest BCUT2D eigenvalue weighted by atomic mass is 10.1. The van der Waals surface area contributed by atoms with Crippen LogP contribution in [-0.2, 0) is 6.54 Å². The molecule has 0 bridgehead atoms. The van der Waals surface area contributed by atoms with Crippen LogP contribution in [0.2, 0.25) is 10.0 Å². The number of hydrogen-bond donors (Lipinski definition) is 1. The molecular weight excluding hydrogens is 602 g/mol. The first-order valence-electron chi connectivity index (χ1n) is 14.3. The molecule has 3 aromatic carbocycles. The summed E-state index contributed by atoms with van der Waals surface area (Å²) in [5.74, 6) is 0.572.